The van der Waals surface area contributed by atoms with Crippen LogP contribution < -0.4 is 5.56 Å². The fourth-order valence-electron chi connectivity index (χ4n) is 2.32. The fraction of sp³-hybridized carbons (Fsp3) is 0.429. The van der Waals surface area contributed by atoms with Gasteiger partial charge in [0.1, 0.15) is 21.6 Å². The molecule has 0 saturated carbocycles. The Morgan fingerprint density at radius 1 is 1.39 bits per heavy atom. The van der Waals surface area contributed by atoms with Crippen molar-refractivity contribution in [2.24, 2.45) is 0 Å². The third kappa shape index (κ3) is 2.97. The first-order valence-electron chi connectivity index (χ1n) is 6.79. The second kappa shape index (κ2) is 6.47. The molecule has 2 heterocycles. The van der Waals surface area contributed by atoms with Gasteiger partial charge in [-0.1, -0.05) is 0 Å². The smallest absolute Gasteiger partial charge is 0.346 e. The summed E-state index contributed by atoms with van der Waals surface area (Å²) in [4.78, 5) is 39.9. The molecule has 0 bridgehead atoms. The normalized spacial score (nSPS) is 12.5. The molecule has 0 fully saturated rings. The van der Waals surface area contributed by atoms with Gasteiger partial charge in [0.05, 0.1) is 12.0 Å². The minimum absolute atomic E-state index is 0.0306. The lowest BCUT2D eigenvalue weighted by Crippen LogP contribution is -2.32. The van der Waals surface area contributed by atoms with E-state index in [1.54, 1.807) is 0 Å². The lowest BCUT2D eigenvalue weighted by molar-refractivity contribution is -0.140. The van der Waals surface area contributed by atoms with Crippen molar-refractivity contribution in [2.45, 2.75) is 26.3 Å². The van der Waals surface area contributed by atoms with Crippen LogP contribution in [0.1, 0.15) is 34.0 Å². The summed E-state index contributed by atoms with van der Waals surface area (Å²) in [6.07, 6.45) is 0.249. The zero-order valence-corrected chi connectivity index (χ0v) is 13.6. The summed E-state index contributed by atoms with van der Waals surface area (Å²) < 4.78 is 6.06. The number of nitrogens with zero attached hydrogens (tertiary/aromatic N) is 2. The molecule has 8 nitrogen and oxygen atoms in total. The predicted molar refractivity (Wildman–Crippen MR) is 83.5 cm³/mol. The Morgan fingerprint density at radius 3 is 2.57 bits per heavy atom. The average molecular weight is 340 g/mol. The number of methoxy groups -OCH3 is 1. The second-order valence-electron chi connectivity index (χ2n) is 5.00. The van der Waals surface area contributed by atoms with Crippen molar-refractivity contribution in [1.82, 2.24) is 9.55 Å². The molecule has 0 amide bonds. The minimum atomic E-state index is -1.17. The van der Waals surface area contributed by atoms with Gasteiger partial charge in [-0.2, -0.15) is 0 Å². The average Bonchev–Trinajstić information content (AvgIpc) is 2.81. The lowest BCUT2D eigenvalue weighted by atomic mass is 10.2. The maximum absolute atomic E-state index is 12.7. The maximum Gasteiger partial charge on any atom is 0.346 e. The molecule has 1 unspecified atom stereocenters. The Bertz CT molecular complexity index is 838. The van der Waals surface area contributed by atoms with Crippen molar-refractivity contribution in [3.8, 4) is 0 Å². The Hall–Kier alpha value is -2.26. The number of carbonyl (C=O) groups is 2. The topological polar surface area (TPSA) is 119 Å². The van der Waals surface area contributed by atoms with Gasteiger partial charge in [-0.05, 0) is 19.4 Å². The van der Waals surface area contributed by atoms with E-state index in [1.165, 1.54) is 21.0 Å². The molecule has 0 aliphatic rings. The number of aliphatic carboxylic acids is 1. The van der Waals surface area contributed by atoms with Crippen molar-refractivity contribution in [3.63, 3.8) is 0 Å². The summed E-state index contributed by atoms with van der Waals surface area (Å²) >= 11 is 0.910. The van der Waals surface area contributed by atoms with Crippen molar-refractivity contribution in [3.05, 3.63) is 26.6 Å². The monoisotopic (exact) mass is 340 g/mol. The molecule has 2 rings (SSSR count). The number of hydrogen-bond donors (Lipinski definition) is 2. The van der Waals surface area contributed by atoms with Crippen molar-refractivity contribution in [1.29, 1.82) is 0 Å². The van der Waals surface area contributed by atoms with Gasteiger partial charge < -0.3 is 14.9 Å². The number of aromatic nitrogens is 2. The number of thiophene rings is 1. The molecule has 0 radical (unpaired) electrons. The standard InChI is InChI=1S/C14H16N2O6S/c1-6-9-11(23-10(6)14(20)21)15-8(4-5-22-3)16(12(9)17)7(2)13(18)19/h7H,4-5H2,1-3H3,(H,18,19)(H,20,21). The van der Waals surface area contributed by atoms with E-state index in [-0.39, 0.29) is 29.1 Å². The van der Waals surface area contributed by atoms with Crippen LogP contribution in [0.2, 0.25) is 0 Å². The zero-order valence-electron chi connectivity index (χ0n) is 12.8. The van der Waals surface area contributed by atoms with E-state index in [2.05, 4.69) is 4.98 Å². The Labute approximate surface area is 135 Å². The Kier molecular flexibility index (Phi) is 4.81. The van der Waals surface area contributed by atoms with Crippen LogP contribution in [0.3, 0.4) is 0 Å². The summed E-state index contributed by atoms with van der Waals surface area (Å²) in [6, 6.07) is -1.11. The van der Waals surface area contributed by atoms with E-state index >= 15 is 0 Å². The highest BCUT2D eigenvalue weighted by atomic mass is 32.1. The van der Waals surface area contributed by atoms with Gasteiger partial charge in [-0.15, -0.1) is 11.3 Å². The number of aryl methyl sites for hydroxylation is 1. The predicted octanol–water partition coefficient (Wildman–Crippen LogP) is 1.30. The van der Waals surface area contributed by atoms with Crippen LogP contribution in [-0.2, 0) is 16.0 Å². The number of carboxylic acid groups (broad SMARTS) is 2. The fourth-order valence-corrected chi connectivity index (χ4v) is 3.35. The molecule has 0 saturated heterocycles. The van der Waals surface area contributed by atoms with Gasteiger partial charge in [0.2, 0.25) is 0 Å². The molecular weight excluding hydrogens is 324 g/mol. The maximum atomic E-state index is 12.7. The molecule has 1 atom stereocenters. The third-order valence-electron chi connectivity index (χ3n) is 3.54. The number of fused-ring (bicyclic) bond motifs is 1. The van der Waals surface area contributed by atoms with Crippen LogP contribution >= 0.6 is 11.3 Å². The van der Waals surface area contributed by atoms with Crippen molar-refractivity contribution in [2.75, 3.05) is 13.7 Å². The third-order valence-corrected chi connectivity index (χ3v) is 4.71. The molecule has 0 spiro atoms. The molecule has 2 aromatic rings. The number of aromatic carboxylic acids is 1. The number of rotatable bonds is 6. The molecule has 2 aromatic heterocycles. The van der Waals surface area contributed by atoms with E-state index in [4.69, 9.17) is 4.74 Å². The molecular formula is C14H16N2O6S. The molecule has 0 aliphatic carbocycles. The Morgan fingerprint density at radius 2 is 2.04 bits per heavy atom. The highest BCUT2D eigenvalue weighted by Crippen LogP contribution is 2.28. The highest BCUT2D eigenvalue weighted by molar-refractivity contribution is 7.20. The summed E-state index contributed by atoms with van der Waals surface area (Å²) in [5, 5.41) is 18.6. The van der Waals surface area contributed by atoms with Crippen LogP contribution in [0, 0.1) is 6.92 Å². The van der Waals surface area contributed by atoms with E-state index < -0.39 is 23.5 Å². The van der Waals surface area contributed by atoms with E-state index in [1.807, 2.05) is 0 Å². The first kappa shape index (κ1) is 17.1. The van der Waals surface area contributed by atoms with Gasteiger partial charge in [0, 0.05) is 13.5 Å². The van der Waals surface area contributed by atoms with E-state index in [0.29, 0.717) is 10.4 Å². The van der Waals surface area contributed by atoms with Gasteiger partial charge >= 0.3 is 11.9 Å². The van der Waals surface area contributed by atoms with E-state index in [0.717, 1.165) is 15.9 Å². The summed E-state index contributed by atoms with van der Waals surface area (Å²) in [7, 11) is 1.49. The van der Waals surface area contributed by atoms with Gasteiger partial charge in [-0.25, -0.2) is 14.6 Å². The van der Waals surface area contributed by atoms with Gasteiger partial charge in [0.15, 0.2) is 0 Å². The molecule has 23 heavy (non-hydrogen) atoms. The largest absolute Gasteiger partial charge is 0.480 e. The molecule has 0 aliphatic heterocycles. The zero-order chi connectivity index (χ0) is 17.3. The number of ether oxygens (including phenoxy) is 1. The van der Waals surface area contributed by atoms with Crippen LogP contribution in [-0.4, -0.2) is 45.4 Å². The van der Waals surface area contributed by atoms with Crippen LogP contribution in [0.5, 0.6) is 0 Å². The van der Waals surface area contributed by atoms with Crippen LogP contribution in [0.4, 0.5) is 0 Å². The molecule has 0 aromatic carbocycles. The van der Waals surface area contributed by atoms with Crippen LogP contribution in [0.25, 0.3) is 10.2 Å². The lowest BCUT2D eigenvalue weighted by Gasteiger charge is -2.15. The molecule has 9 heteroatoms. The second-order valence-corrected chi connectivity index (χ2v) is 6.00. The van der Waals surface area contributed by atoms with E-state index in [9.17, 15) is 24.6 Å². The summed E-state index contributed by atoms with van der Waals surface area (Å²) in [5.41, 5.74) is -0.239. The SMILES string of the molecule is COCCc1nc2sc(C(=O)O)c(C)c2c(=O)n1C(C)C(=O)O. The quantitative estimate of drug-likeness (QED) is 0.813. The minimum Gasteiger partial charge on any atom is -0.480 e. The van der Waals surface area contributed by atoms with Crippen molar-refractivity contribution >= 4 is 33.5 Å². The van der Waals surface area contributed by atoms with Crippen molar-refractivity contribution < 1.29 is 24.5 Å². The molecule has 2 N–H and O–H groups in total. The number of hydrogen-bond acceptors (Lipinski definition) is 6. The Balaban J connectivity index is 2.81. The summed E-state index contributed by atoms with van der Waals surface area (Å²) in [5.74, 6) is -2.04. The van der Waals surface area contributed by atoms with Crippen LogP contribution in [0.15, 0.2) is 4.79 Å². The summed E-state index contributed by atoms with van der Waals surface area (Å²) in [6.45, 7) is 3.17. The first-order chi connectivity index (χ1) is 10.8. The van der Waals surface area contributed by atoms with Gasteiger partial charge in [-0.3, -0.25) is 9.36 Å². The first-order valence-corrected chi connectivity index (χ1v) is 7.60. The molecule has 124 valence electrons. The number of carboxylic acids is 2. The van der Waals surface area contributed by atoms with Gasteiger partial charge in [0.25, 0.3) is 5.56 Å². The highest BCUT2D eigenvalue weighted by Gasteiger charge is 2.25.